The summed E-state index contributed by atoms with van der Waals surface area (Å²) in [6, 6.07) is 4.32. The van der Waals surface area contributed by atoms with Crippen molar-refractivity contribution in [3.8, 4) is 0 Å². The molecule has 1 atom stereocenters. The molecule has 82 valence electrons. The summed E-state index contributed by atoms with van der Waals surface area (Å²) >= 11 is 0. The van der Waals surface area contributed by atoms with Gasteiger partial charge in [-0.3, -0.25) is 4.98 Å². The van der Waals surface area contributed by atoms with Crippen molar-refractivity contribution in [1.82, 2.24) is 4.98 Å². The number of nitrogens with two attached hydrogens (primary N) is 1. The van der Waals surface area contributed by atoms with Crippen LogP contribution in [-0.2, 0) is 0 Å². The summed E-state index contributed by atoms with van der Waals surface area (Å²) in [6.07, 6.45) is 11.7. The monoisotopic (exact) mass is 204 g/mol. The van der Waals surface area contributed by atoms with Crippen molar-refractivity contribution in [2.45, 2.75) is 44.6 Å². The molecule has 1 aliphatic carbocycles. The fraction of sp³-hybridized carbons (Fsp3) is 0.615. The number of pyridine rings is 1. The highest BCUT2D eigenvalue weighted by Crippen LogP contribution is 2.31. The normalized spacial score (nSPS) is 20.9. The van der Waals surface area contributed by atoms with E-state index in [9.17, 15) is 0 Å². The zero-order valence-corrected chi connectivity index (χ0v) is 9.23. The van der Waals surface area contributed by atoms with Gasteiger partial charge < -0.3 is 5.73 Å². The van der Waals surface area contributed by atoms with Crippen LogP contribution in [0.3, 0.4) is 0 Å². The second-order valence-corrected chi connectivity index (χ2v) is 4.56. The van der Waals surface area contributed by atoms with Gasteiger partial charge in [0.2, 0.25) is 0 Å². The van der Waals surface area contributed by atoms with Crippen LogP contribution in [0.2, 0.25) is 0 Å². The third-order valence-electron chi connectivity index (χ3n) is 3.50. The highest BCUT2D eigenvalue weighted by Gasteiger charge is 2.20. The van der Waals surface area contributed by atoms with Crippen LogP contribution in [0, 0.1) is 5.92 Å². The Bertz CT molecular complexity index is 276. The van der Waals surface area contributed by atoms with Crippen molar-refractivity contribution in [2.24, 2.45) is 11.7 Å². The zero-order chi connectivity index (χ0) is 10.5. The molecule has 1 aromatic rings. The van der Waals surface area contributed by atoms with Crippen LogP contribution in [0.15, 0.2) is 24.5 Å². The first-order valence-electron chi connectivity index (χ1n) is 6.03. The summed E-state index contributed by atoms with van der Waals surface area (Å²) in [6.45, 7) is 0. The van der Waals surface area contributed by atoms with Crippen molar-refractivity contribution in [2.75, 3.05) is 0 Å². The van der Waals surface area contributed by atoms with Gasteiger partial charge in [0, 0.05) is 18.4 Å². The summed E-state index contributed by atoms with van der Waals surface area (Å²) in [5.74, 6) is 0.676. The first kappa shape index (κ1) is 10.6. The maximum absolute atomic E-state index is 6.31. The largest absolute Gasteiger partial charge is 0.324 e. The second kappa shape index (κ2) is 5.26. The Hall–Kier alpha value is -0.890. The van der Waals surface area contributed by atoms with E-state index < -0.39 is 0 Å². The molecule has 1 heterocycles. The minimum atomic E-state index is 0.214. The van der Waals surface area contributed by atoms with Crippen LogP contribution >= 0.6 is 0 Å². The molecule has 0 unspecified atom stereocenters. The van der Waals surface area contributed by atoms with E-state index in [1.807, 2.05) is 12.4 Å². The van der Waals surface area contributed by atoms with E-state index in [1.54, 1.807) is 0 Å². The molecule has 0 saturated heterocycles. The Morgan fingerprint density at radius 1 is 1.07 bits per heavy atom. The molecule has 2 N–H and O–H groups in total. The van der Waals surface area contributed by atoms with Gasteiger partial charge in [0.1, 0.15) is 0 Å². The van der Waals surface area contributed by atoms with E-state index in [2.05, 4.69) is 17.1 Å². The molecule has 15 heavy (non-hydrogen) atoms. The first-order chi connectivity index (χ1) is 7.38. The molecule has 0 amide bonds. The summed E-state index contributed by atoms with van der Waals surface area (Å²) in [7, 11) is 0. The van der Waals surface area contributed by atoms with E-state index in [-0.39, 0.29) is 6.04 Å². The van der Waals surface area contributed by atoms with E-state index in [1.165, 1.54) is 44.1 Å². The number of nitrogens with zero attached hydrogens (tertiary/aromatic N) is 1. The average molecular weight is 204 g/mol. The molecular formula is C13H20N2. The smallest absolute Gasteiger partial charge is 0.0324 e. The molecule has 0 aliphatic heterocycles. The van der Waals surface area contributed by atoms with Crippen molar-refractivity contribution in [3.05, 3.63) is 30.1 Å². The number of hydrogen-bond acceptors (Lipinski definition) is 2. The molecule has 1 saturated carbocycles. The van der Waals surface area contributed by atoms with Gasteiger partial charge >= 0.3 is 0 Å². The molecule has 0 bridgehead atoms. The van der Waals surface area contributed by atoms with E-state index in [0.717, 1.165) is 0 Å². The van der Waals surface area contributed by atoms with Gasteiger partial charge in [0.15, 0.2) is 0 Å². The number of hydrogen-bond donors (Lipinski definition) is 1. The van der Waals surface area contributed by atoms with Crippen molar-refractivity contribution >= 4 is 0 Å². The SMILES string of the molecule is N[C@H](c1ccncc1)C1CCCCCC1. The van der Waals surface area contributed by atoms with Gasteiger partial charge in [0.25, 0.3) is 0 Å². The van der Waals surface area contributed by atoms with Gasteiger partial charge in [-0.1, -0.05) is 25.7 Å². The van der Waals surface area contributed by atoms with Crippen molar-refractivity contribution in [3.63, 3.8) is 0 Å². The lowest BCUT2D eigenvalue weighted by molar-refractivity contribution is 0.382. The Balaban J connectivity index is 2.03. The Morgan fingerprint density at radius 3 is 2.27 bits per heavy atom. The standard InChI is InChI=1S/C13H20N2/c14-13(12-7-9-15-10-8-12)11-5-3-1-2-4-6-11/h7-11,13H,1-6,14H2/t13-/m0/s1. The maximum atomic E-state index is 6.31. The predicted molar refractivity (Wildman–Crippen MR) is 62.4 cm³/mol. The average Bonchev–Trinajstić information content (AvgIpc) is 2.58. The van der Waals surface area contributed by atoms with Crippen LogP contribution < -0.4 is 5.73 Å². The number of aromatic nitrogens is 1. The summed E-state index contributed by atoms with van der Waals surface area (Å²) < 4.78 is 0. The molecule has 1 fully saturated rings. The highest BCUT2D eigenvalue weighted by atomic mass is 14.7. The van der Waals surface area contributed by atoms with Gasteiger partial charge in [-0.2, -0.15) is 0 Å². The minimum absolute atomic E-state index is 0.214. The Morgan fingerprint density at radius 2 is 1.67 bits per heavy atom. The zero-order valence-electron chi connectivity index (χ0n) is 9.23. The highest BCUT2D eigenvalue weighted by molar-refractivity contribution is 5.15. The molecular weight excluding hydrogens is 184 g/mol. The van der Waals surface area contributed by atoms with Crippen molar-refractivity contribution < 1.29 is 0 Å². The lowest BCUT2D eigenvalue weighted by atomic mass is 9.88. The molecule has 0 spiro atoms. The summed E-state index contributed by atoms with van der Waals surface area (Å²) in [5.41, 5.74) is 7.56. The third-order valence-corrected chi connectivity index (χ3v) is 3.50. The van der Waals surface area contributed by atoms with Crippen LogP contribution in [0.5, 0.6) is 0 Å². The van der Waals surface area contributed by atoms with Crippen LogP contribution in [0.25, 0.3) is 0 Å². The lowest BCUT2D eigenvalue weighted by Gasteiger charge is -2.22. The maximum Gasteiger partial charge on any atom is 0.0324 e. The van der Waals surface area contributed by atoms with E-state index in [4.69, 9.17) is 5.73 Å². The molecule has 0 aromatic carbocycles. The fourth-order valence-electron chi connectivity index (χ4n) is 2.53. The van der Waals surface area contributed by atoms with Crippen LogP contribution in [0.1, 0.15) is 50.1 Å². The Kier molecular flexibility index (Phi) is 3.73. The van der Waals surface area contributed by atoms with Gasteiger partial charge in [-0.15, -0.1) is 0 Å². The lowest BCUT2D eigenvalue weighted by Crippen LogP contribution is -2.21. The topological polar surface area (TPSA) is 38.9 Å². The van der Waals surface area contributed by atoms with Gasteiger partial charge in [0.05, 0.1) is 0 Å². The van der Waals surface area contributed by atoms with E-state index >= 15 is 0 Å². The van der Waals surface area contributed by atoms with Gasteiger partial charge in [-0.25, -0.2) is 0 Å². The summed E-state index contributed by atoms with van der Waals surface area (Å²) in [4.78, 5) is 4.04. The number of rotatable bonds is 2. The molecule has 2 rings (SSSR count). The van der Waals surface area contributed by atoms with Gasteiger partial charge in [-0.05, 0) is 36.5 Å². The summed E-state index contributed by atoms with van der Waals surface area (Å²) in [5, 5.41) is 0. The molecule has 1 aliphatic rings. The molecule has 2 heteroatoms. The second-order valence-electron chi connectivity index (χ2n) is 4.56. The van der Waals surface area contributed by atoms with E-state index in [0.29, 0.717) is 5.92 Å². The molecule has 2 nitrogen and oxygen atoms in total. The molecule has 0 radical (unpaired) electrons. The molecule has 1 aromatic heterocycles. The Labute approximate surface area is 91.9 Å². The van der Waals surface area contributed by atoms with Crippen molar-refractivity contribution in [1.29, 1.82) is 0 Å². The minimum Gasteiger partial charge on any atom is -0.324 e. The quantitative estimate of drug-likeness (QED) is 0.752. The van der Waals surface area contributed by atoms with Crippen LogP contribution in [0.4, 0.5) is 0 Å². The predicted octanol–water partition coefficient (Wildman–Crippen LogP) is 3.05. The first-order valence-corrected chi connectivity index (χ1v) is 6.03. The third kappa shape index (κ3) is 2.78. The fourth-order valence-corrected chi connectivity index (χ4v) is 2.53. The van der Waals surface area contributed by atoms with Crippen LogP contribution in [-0.4, -0.2) is 4.98 Å².